The van der Waals surface area contributed by atoms with Gasteiger partial charge in [0.05, 0.1) is 0 Å². The molecule has 7 heavy (non-hydrogen) atoms. The predicted molar refractivity (Wildman–Crippen MR) is 33.7 cm³/mol. The summed E-state index contributed by atoms with van der Waals surface area (Å²) >= 11 is -0.645. The first-order valence-electron chi connectivity index (χ1n) is 2.27. The van der Waals surface area contributed by atoms with Crippen LogP contribution in [0.2, 0.25) is 0 Å². The summed E-state index contributed by atoms with van der Waals surface area (Å²) in [7, 11) is 0. The molecule has 0 aliphatic rings. The maximum Gasteiger partial charge on any atom is 0.123 e. The molecule has 0 aromatic carbocycles. The van der Waals surface area contributed by atoms with Crippen LogP contribution < -0.4 is 0 Å². The molecule has 2 heteroatoms. The molecule has 0 fully saturated rings. The van der Waals surface area contributed by atoms with Crippen LogP contribution in [0.15, 0.2) is 12.7 Å². The van der Waals surface area contributed by atoms with Gasteiger partial charge in [-0.3, -0.25) is 0 Å². The highest BCUT2D eigenvalue weighted by atomic mass is 32.2. The summed E-state index contributed by atoms with van der Waals surface area (Å²) in [5.41, 5.74) is 0. The van der Waals surface area contributed by atoms with Crippen LogP contribution in [0.4, 0.5) is 0 Å². The SMILES string of the molecule is C=CC[S+]([O-])CC. The van der Waals surface area contributed by atoms with Gasteiger partial charge in [0.2, 0.25) is 0 Å². The third-order valence-corrected chi connectivity index (χ3v) is 1.88. The molecule has 1 unspecified atom stereocenters. The van der Waals surface area contributed by atoms with E-state index in [-0.39, 0.29) is 0 Å². The van der Waals surface area contributed by atoms with Crippen molar-refractivity contribution < 1.29 is 4.55 Å². The molecular formula is C5H10OS. The molecule has 42 valence electrons. The van der Waals surface area contributed by atoms with Crippen molar-refractivity contribution in [3.05, 3.63) is 12.7 Å². The van der Waals surface area contributed by atoms with Crippen molar-refractivity contribution in [1.29, 1.82) is 0 Å². The Kier molecular flexibility index (Phi) is 4.25. The van der Waals surface area contributed by atoms with Gasteiger partial charge in [-0.05, 0) is 13.0 Å². The van der Waals surface area contributed by atoms with Gasteiger partial charge in [-0.25, -0.2) is 0 Å². The molecule has 0 amide bonds. The zero-order chi connectivity index (χ0) is 5.70. The largest absolute Gasteiger partial charge is 0.616 e. The van der Waals surface area contributed by atoms with E-state index in [1.165, 1.54) is 0 Å². The lowest BCUT2D eigenvalue weighted by atomic mass is 10.8. The number of rotatable bonds is 3. The summed E-state index contributed by atoms with van der Waals surface area (Å²) < 4.78 is 10.5. The Bertz CT molecular complexity index is 54.0. The van der Waals surface area contributed by atoms with Gasteiger partial charge in [0, 0.05) is 0 Å². The Morgan fingerprint density at radius 2 is 2.43 bits per heavy atom. The first-order valence-corrected chi connectivity index (χ1v) is 3.76. The minimum atomic E-state index is -0.645. The average Bonchev–Trinajstić information content (AvgIpc) is 1.68. The van der Waals surface area contributed by atoms with Crippen LogP contribution in [0.3, 0.4) is 0 Å². The van der Waals surface area contributed by atoms with E-state index in [1.54, 1.807) is 6.08 Å². The highest BCUT2D eigenvalue weighted by Gasteiger charge is 1.93. The lowest BCUT2D eigenvalue weighted by Gasteiger charge is -2.02. The van der Waals surface area contributed by atoms with Crippen LogP contribution in [0.5, 0.6) is 0 Å². The molecule has 1 nitrogen and oxygen atoms in total. The van der Waals surface area contributed by atoms with Crippen LogP contribution in [0, 0.1) is 0 Å². The van der Waals surface area contributed by atoms with E-state index >= 15 is 0 Å². The van der Waals surface area contributed by atoms with Gasteiger partial charge >= 0.3 is 0 Å². The minimum Gasteiger partial charge on any atom is -0.616 e. The van der Waals surface area contributed by atoms with Crippen LogP contribution in [0.25, 0.3) is 0 Å². The van der Waals surface area contributed by atoms with Crippen molar-refractivity contribution in [1.82, 2.24) is 0 Å². The zero-order valence-corrected chi connectivity index (χ0v) is 5.33. The molecule has 0 aliphatic heterocycles. The van der Waals surface area contributed by atoms with Gasteiger partial charge in [-0.1, -0.05) is 17.8 Å². The fourth-order valence-corrected chi connectivity index (χ4v) is 0.748. The van der Waals surface area contributed by atoms with Crippen LogP contribution in [-0.4, -0.2) is 16.1 Å². The third-order valence-electron chi connectivity index (χ3n) is 0.626. The first kappa shape index (κ1) is 7.05. The normalized spacial score (nSPS) is 13.4. The standard InChI is InChI=1S/C5H10OS/c1-3-5-7(6)4-2/h3H,1,4-5H2,2H3. The van der Waals surface area contributed by atoms with E-state index in [0.717, 1.165) is 5.75 Å². The second-order valence-corrected chi connectivity index (χ2v) is 2.97. The van der Waals surface area contributed by atoms with E-state index in [9.17, 15) is 4.55 Å². The molecule has 0 heterocycles. The fourth-order valence-electron chi connectivity index (χ4n) is 0.249. The summed E-state index contributed by atoms with van der Waals surface area (Å²) in [4.78, 5) is 0. The molecule has 0 aliphatic carbocycles. The van der Waals surface area contributed by atoms with E-state index in [0.29, 0.717) is 5.75 Å². The Morgan fingerprint density at radius 3 is 2.57 bits per heavy atom. The van der Waals surface area contributed by atoms with Crippen LogP contribution in [-0.2, 0) is 11.2 Å². The molecule has 0 rings (SSSR count). The van der Waals surface area contributed by atoms with Gasteiger partial charge in [-0.15, -0.1) is 0 Å². The van der Waals surface area contributed by atoms with Crippen LogP contribution >= 0.6 is 0 Å². The second-order valence-electron chi connectivity index (χ2n) is 1.18. The molecule has 0 aromatic rings. The van der Waals surface area contributed by atoms with E-state index in [1.807, 2.05) is 6.92 Å². The van der Waals surface area contributed by atoms with Crippen molar-refractivity contribution in [3.8, 4) is 0 Å². The summed E-state index contributed by atoms with van der Waals surface area (Å²) in [6, 6.07) is 0. The van der Waals surface area contributed by atoms with Gasteiger partial charge in [0.25, 0.3) is 0 Å². The molecule has 0 aromatic heterocycles. The Morgan fingerprint density at radius 1 is 1.86 bits per heavy atom. The predicted octanol–water partition coefficient (Wildman–Crippen LogP) is 0.941. The van der Waals surface area contributed by atoms with Crippen molar-refractivity contribution in [2.24, 2.45) is 0 Å². The van der Waals surface area contributed by atoms with Gasteiger partial charge < -0.3 is 4.55 Å². The minimum absolute atomic E-state index is 0.635. The quantitative estimate of drug-likeness (QED) is 0.399. The molecule has 1 atom stereocenters. The third kappa shape index (κ3) is 3.89. The topological polar surface area (TPSA) is 23.1 Å². The monoisotopic (exact) mass is 118 g/mol. The molecule has 0 radical (unpaired) electrons. The highest BCUT2D eigenvalue weighted by molar-refractivity contribution is 7.91. The van der Waals surface area contributed by atoms with Gasteiger partial charge in [0.15, 0.2) is 0 Å². The summed E-state index contributed by atoms with van der Waals surface area (Å²) in [6.07, 6.45) is 1.68. The first-order chi connectivity index (χ1) is 3.31. The van der Waals surface area contributed by atoms with E-state index in [2.05, 4.69) is 6.58 Å². The number of hydrogen-bond donors (Lipinski definition) is 0. The highest BCUT2D eigenvalue weighted by Crippen LogP contribution is 1.87. The van der Waals surface area contributed by atoms with E-state index < -0.39 is 11.2 Å². The maximum atomic E-state index is 10.5. The molecule has 0 saturated carbocycles. The second kappa shape index (κ2) is 4.22. The average molecular weight is 118 g/mol. The molecule has 0 spiro atoms. The van der Waals surface area contributed by atoms with Crippen molar-refractivity contribution >= 4 is 11.2 Å². The number of hydrogen-bond acceptors (Lipinski definition) is 1. The van der Waals surface area contributed by atoms with Crippen LogP contribution in [0.1, 0.15) is 6.92 Å². The lowest BCUT2D eigenvalue weighted by molar-refractivity contribution is 0.599. The molecule has 0 N–H and O–H groups in total. The van der Waals surface area contributed by atoms with Crippen molar-refractivity contribution in [3.63, 3.8) is 0 Å². The van der Waals surface area contributed by atoms with Crippen molar-refractivity contribution in [2.45, 2.75) is 6.92 Å². The van der Waals surface area contributed by atoms with Gasteiger partial charge in [-0.2, -0.15) is 0 Å². The molecule has 0 saturated heterocycles. The smallest absolute Gasteiger partial charge is 0.123 e. The maximum absolute atomic E-state index is 10.5. The molecule has 0 bridgehead atoms. The summed E-state index contributed by atoms with van der Waals surface area (Å²) in [5.74, 6) is 1.38. The Balaban J connectivity index is 2.98. The lowest BCUT2D eigenvalue weighted by Crippen LogP contribution is -2.05. The van der Waals surface area contributed by atoms with E-state index in [4.69, 9.17) is 0 Å². The Hall–Kier alpha value is 0.0500. The Labute approximate surface area is 47.6 Å². The fraction of sp³-hybridized carbons (Fsp3) is 0.600. The summed E-state index contributed by atoms with van der Waals surface area (Å²) in [5, 5.41) is 0. The summed E-state index contributed by atoms with van der Waals surface area (Å²) in [6.45, 7) is 5.36. The van der Waals surface area contributed by atoms with Crippen molar-refractivity contribution in [2.75, 3.05) is 11.5 Å². The molecular weight excluding hydrogens is 108 g/mol. The van der Waals surface area contributed by atoms with Gasteiger partial charge in [0.1, 0.15) is 11.5 Å². The zero-order valence-electron chi connectivity index (χ0n) is 4.52.